The van der Waals surface area contributed by atoms with Crippen LogP contribution in [0.5, 0.6) is 0 Å². The summed E-state index contributed by atoms with van der Waals surface area (Å²) in [6, 6.07) is -0.112. The van der Waals surface area contributed by atoms with Gasteiger partial charge in [0.05, 0.1) is 5.54 Å². The first-order valence-corrected chi connectivity index (χ1v) is 5.94. The molecule has 1 N–H and O–H groups in total. The lowest BCUT2D eigenvalue weighted by atomic mass is 9.83. The summed E-state index contributed by atoms with van der Waals surface area (Å²) in [5.74, 6) is 0. The van der Waals surface area contributed by atoms with Gasteiger partial charge in [-0.15, -0.1) is 0 Å². The van der Waals surface area contributed by atoms with E-state index in [1.54, 1.807) is 4.90 Å². The molecule has 1 saturated carbocycles. The third kappa shape index (κ3) is 2.26. The zero-order valence-corrected chi connectivity index (χ0v) is 9.45. The average Bonchev–Trinajstić information content (AvgIpc) is 2.84. The smallest absolute Gasteiger partial charge is 0.318 e. The van der Waals surface area contributed by atoms with Gasteiger partial charge >= 0.3 is 6.03 Å². The van der Waals surface area contributed by atoms with Crippen LogP contribution >= 0.6 is 0 Å². The van der Waals surface area contributed by atoms with Gasteiger partial charge in [0.2, 0.25) is 0 Å². The Labute approximate surface area is 95.7 Å². The van der Waals surface area contributed by atoms with E-state index in [9.17, 15) is 9.59 Å². The highest BCUT2D eigenvalue weighted by Crippen LogP contribution is 2.26. The van der Waals surface area contributed by atoms with Crippen molar-refractivity contribution in [3.8, 4) is 0 Å². The second-order valence-electron chi connectivity index (χ2n) is 4.64. The van der Waals surface area contributed by atoms with Crippen molar-refractivity contribution in [2.45, 2.75) is 37.6 Å². The summed E-state index contributed by atoms with van der Waals surface area (Å²) in [6.45, 7) is 1.31. The molecule has 0 radical (unpaired) electrons. The molecule has 0 spiro atoms. The van der Waals surface area contributed by atoms with E-state index in [0.29, 0.717) is 13.1 Å². The van der Waals surface area contributed by atoms with E-state index in [-0.39, 0.29) is 6.03 Å². The Bertz CT molecular complexity index is 298. The number of carbonyl (C=O) groups excluding carboxylic acids is 2. The Morgan fingerprint density at radius 1 is 1.19 bits per heavy atom. The van der Waals surface area contributed by atoms with E-state index in [2.05, 4.69) is 5.32 Å². The van der Waals surface area contributed by atoms with Crippen LogP contribution in [0, 0.1) is 0 Å². The number of carbonyl (C=O) groups is 2. The summed E-state index contributed by atoms with van der Waals surface area (Å²) in [5, 5.41) is 2.90. The molecule has 0 saturated heterocycles. The molecule has 2 rings (SSSR count). The summed E-state index contributed by atoms with van der Waals surface area (Å²) in [6.07, 6.45) is 9.63. The number of amides is 2. The average molecular weight is 222 g/mol. The first-order chi connectivity index (χ1) is 7.76. The lowest BCUT2D eigenvalue weighted by Crippen LogP contribution is -2.54. The molecule has 0 aromatic carbocycles. The first-order valence-electron chi connectivity index (χ1n) is 5.94. The molecule has 2 amide bonds. The van der Waals surface area contributed by atoms with Gasteiger partial charge in [0.25, 0.3) is 0 Å². The summed E-state index contributed by atoms with van der Waals surface area (Å²) < 4.78 is 0. The normalized spacial score (nSPS) is 23.1. The number of hydrogen-bond donors (Lipinski definition) is 1. The zero-order valence-electron chi connectivity index (χ0n) is 9.45. The van der Waals surface area contributed by atoms with E-state index >= 15 is 0 Å². The minimum absolute atomic E-state index is 0.112. The molecule has 4 heteroatoms. The van der Waals surface area contributed by atoms with Crippen molar-refractivity contribution in [3.63, 3.8) is 0 Å². The van der Waals surface area contributed by atoms with Crippen molar-refractivity contribution in [1.82, 2.24) is 10.2 Å². The maximum absolute atomic E-state index is 11.9. The monoisotopic (exact) mass is 222 g/mol. The van der Waals surface area contributed by atoms with Gasteiger partial charge in [-0.25, -0.2) is 4.79 Å². The van der Waals surface area contributed by atoms with Crippen LogP contribution < -0.4 is 5.32 Å². The van der Waals surface area contributed by atoms with Crippen molar-refractivity contribution < 1.29 is 9.59 Å². The van der Waals surface area contributed by atoms with Crippen molar-refractivity contribution in [1.29, 1.82) is 0 Å². The van der Waals surface area contributed by atoms with Crippen LogP contribution in [-0.2, 0) is 4.79 Å². The largest absolute Gasteiger partial charge is 0.326 e. The molecule has 16 heavy (non-hydrogen) atoms. The van der Waals surface area contributed by atoms with Crippen LogP contribution in [0.25, 0.3) is 0 Å². The molecule has 1 fully saturated rings. The van der Waals surface area contributed by atoms with Crippen LogP contribution in [0.1, 0.15) is 32.1 Å². The van der Waals surface area contributed by atoms with Crippen molar-refractivity contribution in [2.24, 2.45) is 0 Å². The summed E-state index contributed by atoms with van der Waals surface area (Å²) in [4.78, 5) is 24.8. The third-order valence-corrected chi connectivity index (χ3v) is 3.43. The number of hydrogen-bond acceptors (Lipinski definition) is 2. The van der Waals surface area contributed by atoms with Gasteiger partial charge in [0, 0.05) is 13.1 Å². The van der Waals surface area contributed by atoms with E-state index in [0.717, 1.165) is 38.4 Å². The lowest BCUT2D eigenvalue weighted by Gasteiger charge is -2.34. The topological polar surface area (TPSA) is 49.4 Å². The molecule has 88 valence electrons. The highest BCUT2D eigenvalue weighted by molar-refractivity contribution is 5.81. The fourth-order valence-electron chi connectivity index (χ4n) is 2.39. The molecule has 1 aliphatic heterocycles. The fourth-order valence-corrected chi connectivity index (χ4v) is 2.39. The van der Waals surface area contributed by atoms with Crippen molar-refractivity contribution >= 4 is 12.3 Å². The first kappa shape index (κ1) is 11.2. The second-order valence-corrected chi connectivity index (χ2v) is 4.64. The van der Waals surface area contributed by atoms with Gasteiger partial charge in [0.1, 0.15) is 6.29 Å². The summed E-state index contributed by atoms with van der Waals surface area (Å²) in [7, 11) is 0. The highest BCUT2D eigenvalue weighted by Gasteiger charge is 2.34. The predicted octanol–water partition coefficient (Wildman–Crippen LogP) is 1.47. The van der Waals surface area contributed by atoms with Crippen LogP contribution in [0.15, 0.2) is 12.2 Å². The lowest BCUT2D eigenvalue weighted by molar-refractivity contribution is -0.114. The summed E-state index contributed by atoms with van der Waals surface area (Å²) >= 11 is 0. The quantitative estimate of drug-likeness (QED) is 0.568. The van der Waals surface area contributed by atoms with Gasteiger partial charge in [-0.05, 0) is 12.8 Å². The molecule has 0 aromatic rings. The minimum Gasteiger partial charge on any atom is -0.326 e. The summed E-state index contributed by atoms with van der Waals surface area (Å²) in [5.41, 5.74) is -0.599. The number of nitrogens with one attached hydrogen (secondary N) is 1. The molecule has 1 aliphatic carbocycles. The van der Waals surface area contributed by atoms with Crippen LogP contribution in [0.3, 0.4) is 0 Å². The number of rotatable bonds is 2. The standard InChI is InChI=1S/C12H18N2O2/c15-10-12(6-2-1-3-7-12)13-11(16)14-8-4-5-9-14/h4-5,10H,1-3,6-9H2,(H,13,16). The van der Waals surface area contributed by atoms with E-state index in [1.165, 1.54) is 0 Å². The Kier molecular flexibility index (Phi) is 3.27. The predicted molar refractivity (Wildman–Crippen MR) is 61.1 cm³/mol. The third-order valence-electron chi connectivity index (χ3n) is 3.43. The van der Waals surface area contributed by atoms with Crippen molar-refractivity contribution in [2.75, 3.05) is 13.1 Å². The SMILES string of the molecule is O=CC1(NC(=O)N2CC=CC2)CCCCC1. The molecule has 0 unspecified atom stereocenters. The van der Waals surface area contributed by atoms with Crippen molar-refractivity contribution in [3.05, 3.63) is 12.2 Å². The fraction of sp³-hybridized carbons (Fsp3) is 0.667. The molecule has 4 nitrogen and oxygen atoms in total. The second kappa shape index (κ2) is 4.68. The minimum atomic E-state index is -0.599. The van der Waals surface area contributed by atoms with Gasteiger partial charge in [-0.3, -0.25) is 0 Å². The molecule has 0 aromatic heterocycles. The molecular formula is C12H18N2O2. The van der Waals surface area contributed by atoms with E-state index in [4.69, 9.17) is 0 Å². The van der Waals surface area contributed by atoms with Gasteiger partial charge < -0.3 is 15.0 Å². The van der Waals surface area contributed by atoms with Crippen LogP contribution in [0.4, 0.5) is 4.79 Å². The molecule has 0 atom stereocenters. The van der Waals surface area contributed by atoms with E-state index < -0.39 is 5.54 Å². The number of aldehydes is 1. The van der Waals surface area contributed by atoms with Gasteiger partial charge in [-0.1, -0.05) is 31.4 Å². The van der Waals surface area contributed by atoms with E-state index in [1.807, 2.05) is 12.2 Å². The van der Waals surface area contributed by atoms with Gasteiger partial charge in [0.15, 0.2) is 0 Å². The molecular weight excluding hydrogens is 204 g/mol. The maximum Gasteiger partial charge on any atom is 0.318 e. The van der Waals surface area contributed by atoms with Crippen LogP contribution in [-0.4, -0.2) is 35.8 Å². The molecule has 0 bridgehead atoms. The Balaban J connectivity index is 1.95. The van der Waals surface area contributed by atoms with Crippen LogP contribution in [0.2, 0.25) is 0 Å². The van der Waals surface area contributed by atoms with Gasteiger partial charge in [-0.2, -0.15) is 0 Å². The Morgan fingerprint density at radius 3 is 2.38 bits per heavy atom. The molecule has 1 heterocycles. The number of nitrogens with zero attached hydrogens (tertiary/aromatic N) is 1. The molecule has 2 aliphatic rings. The highest BCUT2D eigenvalue weighted by atomic mass is 16.2. The zero-order chi connectivity index (χ0) is 11.4. The Hall–Kier alpha value is -1.32. The Morgan fingerprint density at radius 2 is 1.81 bits per heavy atom. The maximum atomic E-state index is 11.9. The number of urea groups is 1.